The number of nitrogens with two attached hydrogens (primary N) is 3. The van der Waals surface area contributed by atoms with Gasteiger partial charge in [-0.3, -0.25) is 0 Å². The van der Waals surface area contributed by atoms with Gasteiger partial charge in [0.05, 0.1) is 37.9 Å². The van der Waals surface area contributed by atoms with Gasteiger partial charge in [-0.25, -0.2) is 0 Å². The number of hydrogen-bond donors (Lipinski definition) is 11. The van der Waals surface area contributed by atoms with Gasteiger partial charge in [0.2, 0.25) is 4.52 Å². The maximum atomic E-state index is 10.8. The van der Waals surface area contributed by atoms with Crippen molar-refractivity contribution in [3.8, 4) is 0 Å². The minimum absolute atomic E-state index is 0.0285. The molecule has 0 spiro atoms. The van der Waals surface area contributed by atoms with E-state index in [0.29, 0.717) is 0 Å². The Morgan fingerprint density at radius 3 is 1.45 bits per heavy atom. The highest BCUT2D eigenvalue weighted by atomic mass is 35.5. The maximum absolute atomic E-state index is 10.8. The Kier molecular flexibility index (Phi) is 12.1. The lowest BCUT2D eigenvalue weighted by Gasteiger charge is -2.48. The first-order valence-corrected chi connectivity index (χ1v) is 13.3. The van der Waals surface area contributed by atoms with Crippen molar-refractivity contribution in [2.75, 3.05) is 19.8 Å². The van der Waals surface area contributed by atoms with E-state index in [9.17, 15) is 40.9 Å². The van der Waals surface area contributed by atoms with E-state index in [2.05, 4.69) is 4.74 Å². The molecule has 40 heavy (non-hydrogen) atoms. The van der Waals surface area contributed by atoms with E-state index in [-0.39, 0.29) is 6.10 Å². The zero-order chi connectivity index (χ0) is 30.1. The normalized spacial score (nSPS) is 50.5. The van der Waals surface area contributed by atoms with Gasteiger partial charge in [-0.05, 0) is 6.92 Å². The summed E-state index contributed by atoms with van der Waals surface area (Å²) < 4.78 is 31.2. The fourth-order valence-corrected chi connectivity index (χ4v) is 4.65. The van der Waals surface area contributed by atoms with Crippen LogP contribution in [0.2, 0.25) is 0 Å². The average molecular weight is 628 g/mol. The first kappa shape index (κ1) is 34.4. The predicted octanol–water partition coefficient (Wildman–Crippen LogP) is -6.14. The summed E-state index contributed by atoms with van der Waals surface area (Å²) in [4.78, 5) is 0. The number of ether oxygens (including phenoxy) is 6. The minimum atomic E-state index is -1.56. The number of alkyl halides is 2. The predicted molar refractivity (Wildman–Crippen MR) is 132 cm³/mol. The van der Waals surface area contributed by atoms with Crippen molar-refractivity contribution in [1.82, 2.24) is 0 Å². The third-order valence-electron chi connectivity index (χ3n) is 7.08. The molecule has 0 aliphatic carbocycles. The van der Waals surface area contributed by atoms with Crippen LogP contribution < -0.4 is 17.2 Å². The van der Waals surface area contributed by atoms with Gasteiger partial charge >= 0.3 is 0 Å². The summed E-state index contributed by atoms with van der Waals surface area (Å²) in [5, 5.41) is 79.6. The maximum Gasteiger partial charge on any atom is 0.244 e. The van der Waals surface area contributed by atoms with Gasteiger partial charge in [-0.1, -0.05) is 23.2 Å². The second-order valence-electron chi connectivity index (χ2n) is 9.92. The highest BCUT2D eigenvalue weighted by molar-refractivity contribution is 6.49. The van der Waals surface area contributed by atoms with Crippen LogP contribution in [0.4, 0.5) is 0 Å². The van der Waals surface area contributed by atoms with Crippen molar-refractivity contribution >= 4 is 23.2 Å². The number of halogens is 2. The molecule has 4 heterocycles. The Hall–Kier alpha value is -0.100. The van der Waals surface area contributed by atoms with Crippen molar-refractivity contribution in [2.24, 2.45) is 17.2 Å². The molecule has 0 amide bonds. The number of aliphatic hydroxyl groups is 8. The summed E-state index contributed by atoms with van der Waals surface area (Å²) in [6.07, 6.45) is -16.8. The molecule has 0 aromatic carbocycles. The van der Waals surface area contributed by atoms with E-state index in [1.165, 1.54) is 0 Å². The van der Waals surface area contributed by atoms with Gasteiger partial charge in [-0.2, -0.15) is 0 Å². The van der Waals surface area contributed by atoms with E-state index in [1.54, 1.807) is 0 Å². The molecule has 14 N–H and O–H groups in total. The van der Waals surface area contributed by atoms with Crippen LogP contribution in [0, 0.1) is 0 Å². The van der Waals surface area contributed by atoms with Crippen LogP contribution in [0.25, 0.3) is 0 Å². The van der Waals surface area contributed by atoms with Crippen LogP contribution in [-0.2, 0) is 28.4 Å². The second kappa shape index (κ2) is 14.1. The Labute approximate surface area is 239 Å². The first-order chi connectivity index (χ1) is 18.7. The second-order valence-corrected chi connectivity index (χ2v) is 11.2. The van der Waals surface area contributed by atoms with Crippen molar-refractivity contribution in [2.45, 2.75) is 109 Å². The van der Waals surface area contributed by atoms with E-state index in [0.717, 1.165) is 0 Å². The minimum Gasteiger partial charge on any atom is -0.394 e. The highest BCUT2D eigenvalue weighted by Crippen LogP contribution is 2.44. The molecule has 19 heteroatoms. The molecular weight excluding hydrogens is 589 g/mol. The molecule has 4 saturated heterocycles. The van der Waals surface area contributed by atoms with E-state index in [4.69, 9.17) is 64.1 Å². The summed E-state index contributed by atoms with van der Waals surface area (Å²) in [5.74, 6) is 0. The molecular formula is C21H39Cl2N3O14. The van der Waals surface area contributed by atoms with Gasteiger partial charge in [0.15, 0.2) is 18.9 Å². The van der Waals surface area contributed by atoms with Crippen LogP contribution >= 0.6 is 23.2 Å². The van der Waals surface area contributed by atoms with E-state index in [1.807, 2.05) is 6.92 Å². The molecule has 16 atom stereocenters. The smallest absolute Gasteiger partial charge is 0.244 e. The van der Waals surface area contributed by atoms with Crippen molar-refractivity contribution in [1.29, 1.82) is 0 Å². The number of hydrogen-bond acceptors (Lipinski definition) is 17. The van der Waals surface area contributed by atoms with Gasteiger partial charge < -0.3 is 86.5 Å². The number of aliphatic hydroxyl groups excluding tert-OH is 8. The lowest BCUT2D eigenvalue weighted by molar-refractivity contribution is -0.348. The Balaban J connectivity index is 0.000000649. The summed E-state index contributed by atoms with van der Waals surface area (Å²) in [6.45, 7) is -0.180. The Morgan fingerprint density at radius 2 is 1.02 bits per heavy atom. The molecule has 0 saturated carbocycles. The lowest BCUT2D eigenvalue weighted by atomic mass is 9.94. The van der Waals surface area contributed by atoms with Gasteiger partial charge in [0.1, 0.15) is 61.0 Å². The van der Waals surface area contributed by atoms with E-state index >= 15 is 0 Å². The summed E-state index contributed by atoms with van der Waals surface area (Å²) in [5.41, 5.74) is 17.6. The Bertz CT molecular complexity index is 804. The third kappa shape index (κ3) is 7.51. The molecule has 4 aliphatic rings. The molecule has 0 radical (unpaired) electrons. The fourth-order valence-electron chi connectivity index (χ4n) is 4.39. The van der Waals surface area contributed by atoms with Crippen molar-refractivity contribution in [3.63, 3.8) is 0 Å². The summed E-state index contributed by atoms with van der Waals surface area (Å²) in [6, 6.07) is -3.87. The summed E-state index contributed by atoms with van der Waals surface area (Å²) >= 11 is 10.7. The van der Waals surface area contributed by atoms with E-state index < -0.39 is 116 Å². The standard InChI is InChI=1S/C18H35N3O13.C3H4Cl2O/c19-7-12(27)14(5(2-23)30-16(7)29)33-18-9(21)13(28)15(6(3-24)32-18)34-17-8(20)11(26)10(25)4(1-22)31-17;1-2-3(4,5)6-2/h4-18,22-29H,1-3,19-21H2;2H,1H3/t4-,5-,6-,7-,8-,9-,10-,11-,12-,13-,14?,15?,16-,17+,18+;/m1./s1. The SMILES string of the molecule is CC1OC1(Cl)Cl.N[C@H]1[C@H](OC2[C@@H](CO)O[C@@H](OC3[C@@H](CO)O[C@@H](O)[C@H](N)[C@H]3O)[C@H](N)[C@H]2O)O[C@H](CO)[C@@H](O)[C@@H]1O. The number of rotatable bonds is 7. The zero-order valence-electron chi connectivity index (χ0n) is 21.4. The molecule has 0 bridgehead atoms. The highest BCUT2D eigenvalue weighted by Gasteiger charge is 2.52. The molecule has 0 aromatic heterocycles. The molecule has 17 nitrogen and oxygen atoms in total. The topological polar surface area (TPSA) is 299 Å². The molecule has 236 valence electrons. The molecule has 4 rings (SSSR count). The van der Waals surface area contributed by atoms with Gasteiger partial charge in [-0.15, -0.1) is 0 Å². The van der Waals surface area contributed by atoms with Crippen LogP contribution in [0.5, 0.6) is 0 Å². The number of epoxide rings is 1. The van der Waals surface area contributed by atoms with Crippen LogP contribution in [0.1, 0.15) is 6.92 Å². The van der Waals surface area contributed by atoms with Crippen LogP contribution in [-0.4, -0.2) is 163 Å². The van der Waals surface area contributed by atoms with Crippen LogP contribution in [0.3, 0.4) is 0 Å². The largest absolute Gasteiger partial charge is 0.394 e. The van der Waals surface area contributed by atoms with Crippen molar-refractivity contribution < 1.29 is 69.3 Å². The van der Waals surface area contributed by atoms with Gasteiger partial charge in [0, 0.05) is 0 Å². The molecule has 4 aliphatic heterocycles. The monoisotopic (exact) mass is 627 g/mol. The third-order valence-corrected chi connectivity index (χ3v) is 7.87. The molecule has 3 unspecified atom stereocenters. The van der Waals surface area contributed by atoms with Crippen molar-refractivity contribution in [3.05, 3.63) is 0 Å². The zero-order valence-corrected chi connectivity index (χ0v) is 22.9. The Morgan fingerprint density at radius 1 is 0.650 bits per heavy atom. The first-order valence-electron chi connectivity index (χ1n) is 12.5. The average Bonchev–Trinajstić information content (AvgIpc) is 3.50. The molecule has 0 aromatic rings. The van der Waals surface area contributed by atoms with Crippen LogP contribution in [0.15, 0.2) is 0 Å². The van der Waals surface area contributed by atoms with Gasteiger partial charge in [0.25, 0.3) is 0 Å². The fraction of sp³-hybridized carbons (Fsp3) is 1.00. The summed E-state index contributed by atoms with van der Waals surface area (Å²) in [7, 11) is 0. The lowest BCUT2D eigenvalue weighted by Crippen LogP contribution is -2.69. The quantitative estimate of drug-likeness (QED) is 0.0923. The molecule has 4 fully saturated rings.